The van der Waals surface area contributed by atoms with Crippen molar-refractivity contribution in [2.45, 2.75) is 0 Å². The normalized spacial score (nSPS) is 10.7. The van der Waals surface area contributed by atoms with Gasteiger partial charge in [0.15, 0.2) is 0 Å². The zero-order valence-electron chi connectivity index (χ0n) is 10.4. The van der Waals surface area contributed by atoms with E-state index in [9.17, 15) is 9.18 Å². The minimum atomic E-state index is -0.983. The zero-order valence-corrected chi connectivity index (χ0v) is 10.4. The van der Waals surface area contributed by atoms with Crippen molar-refractivity contribution < 1.29 is 14.3 Å². The third-order valence-electron chi connectivity index (χ3n) is 3.09. The molecule has 0 aliphatic carbocycles. The summed E-state index contributed by atoms with van der Waals surface area (Å²) < 4.78 is 13.2. The van der Waals surface area contributed by atoms with Crippen LogP contribution in [0.4, 0.5) is 4.39 Å². The number of carboxylic acid groups (broad SMARTS) is 1. The monoisotopic (exact) mass is 267 g/mol. The first-order valence-electron chi connectivity index (χ1n) is 6.02. The second kappa shape index (κ2) is 4.74. The van der Waals surface area contributed by atoms with Gasteiger partial charge >= 0.3 is 5.97 Å². The van der Waals surface area contributed by atoms with Crippen molar-refractivity contribution in [3.63, 3.8) is 0 Å². The predicted molar refractivity (Wildman–Crippen MR) is 74.1 cm³/mol. The molecule has 2 aromatic carbocycles. The molecule has 0 fully saturated rings. The molecule has 0 radical (unpaired) electrons. The molecule has 0 unspecified atom stereocenters. The molecule has 1 heterocycles. The van der Waals surface area contributed by atoms with Gasteiger partial charge in [0.05, 0.1) is 11.1 Å². The summed E-state index contributed by atoms with van der Waals surface area (Å²) in [4.78, 5) is 15.1. The zero-order chi connectivity index (χ0) is 14.1. The molecule has 0 saturated heterocycles. The fourth-order valence-corrected chi connectivity index (χ4v) is 2.08. The minimum Gasteiger partial charge on any atom is -0.478 e. The van der Waals surface area contributed by atoms with Crippen molar-refractivity contribution in [3.8, 4) is 11.1 Å². The average molecular weight is 267 g/mol. The maximum Gasteiger partial charge on any atom is 0.335 e. The van der Waals surface area contributed by atoms with Crippen LogP contribution < -0.4 is 0 Å². The van der Waals surface area contributed by atoms with Gasteiger partial charge in [-0.25, -0.2) is 9.18 Å². The Bertz CT molecular complexity index is 814. The summed E-state index contributed by atoms with van der Waals surface area (Å²) in [6, 6.07) is 12.9. The fourth-order valence-electron chi connectivity index (χ4n) is 2.08. The highest BCUT2D eigenvalue weighted by molar-refractivity contribution is 5.93. The Balaban J connectivity index is 2.12. The van der Waals surface area contributed by atoms with Crippen LogP contribution in [0.3, 0.4) is 0 Å². The van der Waals surface area contributed by atoms with Crippen LogP contribution in [-0.4, -0.2) is 16.1 Å². The fraction of sp³-hybridized carbons (Fsp3) is 0. The van der Waals surface area contributed by atoms with E-state index in [1.165, 1.54) is 24.3 Å². The van der Waals surface area contributed by atoms with Crippen LogP contribution in [0.2, 0.25) is 0 Å². The molecule has 0 saturated carbocycles. The van der Waals surface area contributed by atoms with E-state index < -0.39 is 5.97 Å². The number of fused-ring (bicyclic) bond motifs is 1. The van der Waals surface area contributed by atoms with Crippen LogP contribution in [-0.2, 0) is 0 Å². The lowest BCUT2D eigenvalue weighted by Gasteiger charge is -2.04. The molecule has 4 heteroatoms. The largest absolute Gasteiger partial charge is 0.478 e. The number of rotatable bonds is 2. The third-order valence-corrected chi connectivity index (χ3v) is 3.09. The van der Waals surface area contributed by atoms with Crippen molar-refractivity contribution in [1.29, 1.82) is 0 Å². The van der Waals surface area contributed by atoms with E-state index in [1.54, 1.807) is 24.4 Å². The number of halogens is 1. The molecule has 1 aromatic heterocycles. The summed E-state index contributed by atoms with van der Waals surface area (Å²) in [6.45, 7) is 0. The van der Waals surface area contributed by atoms with E-state index in [4.69, 9.17) is 5.11 Å². The van der Waals surface area contributed by atoms with E-state index in [0.717, 1.165) is 16.5 Å². The molecule has 0 aliphatic rings. The highest BCUT2D eigenvalue weighted by atomic mass is 19.1. The van der Waals surface area contributed by atoms with Crippen LogP contribution in [0, 0.1) is 5.82 Å². The Kier molecular flexibility index (Phi) is 2.91. The number of pyridine rings is 1. The second-order valence-electron chi connectivity index (χ2n) is 4.45. The topological polar surface area (TPSA) is 50.2 Å². The van der Waals surface area contributed by atoms with E-state index in [1.807, 2.05) is 6.07 Å². The standard InChI is InChI=1S/C16H10FNO2/c17-14-3-1-2-10(7-14)13-6-11-4-5-12(16(19)20)8-15(11)18-9-13/h1-9H,(H,19,20). The average Bonchev–Trinajstić information content (AvgIpc) is 2.46. The summed E-state index contributed by atoms with van der Waals surface area (Å²) in [6.07, 6.45) is 1.61. The molecule has 3 rings (SSSR count). The van der Waals surface area contributed by atoms with Crippen LogP contribution in [0.15, 0.2) is 54.7 Å². The minimum absolute atomic E-state index is 0.198. The third kappa shape index (κ3) is 2.23. The Labute approximate surface area is 114 Å². The molecular weight excluding hydrogens is 257 g/mol. The highest BCUT2D eigenvalue weighted by Gasteiger charge is 2.06. The first-order chi connectivity index (χ1) is 9.63. The lowest BCUT2D eigenvalue weighted by atomic mass is 10.0. The number of benzene rings is 2. The lowest BCUT2D eigenvalue weighted by Crippen LogP contribution is -1.96. The quantitative estimate of drug-likeness (QED) is 0.769. The maximum absolute atomic E-state index is 13.2. The molecule has 20 heavy (non-hydrogen) atoms. The number of aromatic nitrogens is 1. The molecular formula is C16H10FNO2. The van der Waals surface area contributed by atoms with Gasteiger partial charge in [-0.3, -0.25) is 4.98 Å². The van der Waals surface area contributed by atoms with Crippen LogP contribution in [0.1, 0.15) is 10.4 Å². The van der Waals surface area contributed by atoms with E-state index in [2.05, 4.69) is 4.98 Å². The molecule has 0 spiro atoms. The molecule has 3 nitrogen and oxygen atoms in total. The van der Waals surface area contributed by atoms with Gasteiger partial charge in [-0.1, -0.05) is 18.2 Å². The molecule has 0 bridgehead atoms. The van der Waals surface area contributed by atoms with E-state index in [0.29, 0.717) is 5.52 Å². The van der Waals surface area contributed by atoms with Gasteiger partial charge in [-0.15, -0.1) is 0 Å². The van der Waals surface area contributed by atoms with Crippen molar-refractivity contribution in [1.82, 2.24) is 4.98 Å². The summed E-state index contributed by atoms with van der Waals surface area (Å²) in [5.41, 5.74) is 2.33. The van der Waals surface area contributed by atoms with Gasteiger partial charge in [-0.2, -0.15) is 0 Å². The van der Waals surface area contributed by atoms with Gasteiger partial charge in [0, 0.05) is 17.1 Å². The Hall–Kier alpha value is -2.75. The van der Waals surface area contributed by atoms with Gasteiger partial charge < -0.3 is 5.11 Å². The SMILES string of the molecule is O=C(O)c1ccc2cc(-c3cccc(F)c3)cnc2c1. The molecule has 1 N–H and O–H groups in total. The van der Waals surface area contributed by atoms with E-state index >= 15 is 0 Å². The first-order valence-corrected chi connectivity index (χ1v) is 6.02. The Morgan fingerprint density at radius 3 is 2.65 bits per heavy atom. The Morgan fingerprint density at radius 2 is 1.90 bits per heavy atom. The van der Waals surface area contributed by atoms with Gasteiger partial charge in [0.25, 0.3) is 0 Å². The number of hydrogen-bond acceptors (Lipinski definition) is 2. The second-order valence-corrected chi connectivity index (χ2v) is 4.45. The van der Waals surface area contributed by atoms with Crippen LogP contribution >= 0.6 is 0 Å². The number of hydrogen-bond donors (Lipinski definition) is 1. The number of aromatic carboxylic acids is 1. The number of carbonyl (C=O) groups is 1. The molecule has 0 atom stereocenters. The van der Waals surface area contributed by atoms with Gasteiger partial charge in [0.1, 0.15) is 5.82 Å². The highest BCUT2D eigenvalue weighted by Crippen LogP contribution is 2.23. The predicted octanol–water partition coefficient (Wildman–Crippen LogP) is 3.74. The lowest BCUT2D eigenvalue weighted by molar-refractivity contribution is 0.0697. The molecule has 0 amide bonds. The summed E-state index contributed by atoms with van der Waals surface area (Å²) in [5, 5.41) is 9.75. The summed E-state index contributed by atoms with van der Waals surface area (Å²) >= 11 is 0. The van der Waals surface area contributed by atoms with Gasteiger partial charge in [0.2, 0.25) is 0 Å². The molecule has 98 valence electrons. The van der Waals surface area contributed by atoms with Crippen LogP contribution in [0.5, 0.6) is 0 Å². The number of carboxylic acids is 1. The van der Waals surface area contributed by atoms with Crippen molar-refractivity contribution in [2.24, 2.45) is 0 Å². The smallest absolute Gasteiger partial charge is 0.335 e. The first kappa shape index (κ1) is 12.3. The van der Waals surface area contributed by atoms with Crippen molar-refractivity contribution in [3.05, 3.63) is 66.1 Å². The molecule has 0 aliphatic heterocycles. The van der Waals surface area contributed by atoms with Crippen molar-refractivity contribution in [2.75, 3.05) is 0 Å². The van der Waals surface area contributed by atoms with E-state index in [-0.39, 0.29) is 11.4 Å². The summed E-state index contributed by atoms with van der Waals surface area (Å²) in [7, 11) is 0. The summed E-state index contributed by atoms with van der Waals surface area (Å²) in [5.74, 6) is -1.29. The van der Waals surface area contributed by atoms with Gasteiger partial charge in [-0.05, 0) is 35.9 Å². The maximum atomic E-state index is 13.2. The molecule has 3 aromatic rings. The number of nitrogens with zero attached hydrogens (tertiary/aromatic N) is 1. The van der Waals surface area contributed by atoms with Crippen molar-refractivity contribution >= 4 is 16.9 Å². The van der Waals surface area contributed by atoms with Crippen LogP contribution in [0.25, 0.3) is 22.0 Å². The Morgan fingerprint density at radius 1 is 1.05 bits per heavy atom.